The number of hydrogen-bond donors (Lipinski definition) is 1. The molecule has 160 valence electrons. The number of esters is 1. The number of hydrogen-bond acceptors (Lipinski definition) is 5. The number of anilines is 1. The van der Waals surface area contributed by atoms with Gasteiger partial charge in [-0.25, -0.2) is 4.79 Å². The predicted octanol–water partition coefficient (Wildman–Crippen LogP) is 4.66. The third kappa shape index (κ3) is 5.21. The molecule has 0 spiro atoms. The average Bonchev–Trinajstić information content (AvgIpc) is 3.35. The second-order valence-corrected chi connectivity index (χ2v) is 8.82. The Labute approximate surface area is 186 Å². The van der Waals surface area contributed by atoms with Crippen molar-refractivity contribution in [2.24, 2.45) is 0 Å². The smallest absolute Gasteiger partial charge is 0.341 e. The number of carbonyl (C=O) groups is 2. The van der Waals surface area contributed by atoms with Gasteiger partial charge in [-0.15, -0.1) is 11.3 Å². The molecule has 0 aliphatic heterocycles. The number of thiophene rings is 1. The van der Waals surface area contributed by atoms with Crippen LogP contribution in [0.4, 0.5) is 5.00 Å². The number of nitrogens with one attached hydrogen (secondary N) is 1. The van der Waals surface area contributed by atoms with E-state index < -0.39 is 0 Å². The molecule has 1 N–H and O–H groups in total. The van der Waals surface area contributed by atoms with Crippen LogP contribution in [0.15, 0.2) is 60.7 Å². The fourth-order valence-corrected chi connectivity index (χ4v) is 5.32. The van der Waals surface area contributed by atoms with E-state index >= 15 is 0 Å². The largest absolute Gasteiger partial charge is 0.465 e. The number of aryl methyl sites for hydroxylation is 1. The quantitative estimate of drug-likeness (QED) is 0.524. The minimum absolute atomic E-state index is 0.128. The molecule has 0 bridgehead atoms. The monoisotopic (exact) mass is 434 g/mol. The molecule has 4 rings (SSSR count). The molecule has 1 amide bonds. The first-order valence-electron chi connectivity index (χ1n) is 10.5. The normalized spacial score (nSPS) is 12.6. The number of amides is 1. The summed E-state index contributed by atoms with van der Waals surface area (Å²) in [6.07, 6.45) is 2.86. The van der Waals surface area contributed by atoms with Crippen molar-refractivity contribution in [3.63, 3.8) is 0 Å². The van der Waals surface area contributed by atoms with E-state index in [-0.39, 0.29) is 18.4 Å². The molecule has 1 aliphatic carbocycles. The van der Waals surface area contributed by atoms with Gasteiger partial charge >= 0.3 is 5.97 Å². The van der Waals surface area contributed by atoms with E-state index in [1.165, 1.54) is 23.3 Å². The minimum Gasteiger partial charge on any atom is -0.465 e. The molecule has 0 fully saturated rings. The Morgan fingerprint density at radius 1 is 0.968 bits per heavy atom. The summed E-state index contributed by atoms with van der Waals surface area (Å²) in [7, 11) is 1.38. The number of methoxy groups -OCH3 is 1. The van der Waals surface area contributed by atoms with Gasteiger partial charge in [0.2, 0.25) is 5.91 Å². The highest BCUT2D eigenvalue weighted by atomic mass is 32.1. The molecule has 31 heavy (non-hydrogen) atoms. The minimum atomic E-state index is -0.375. The van der Waals surface area contributed by atoms with Crippen molar-refractivity contribution in [1.82, 2.24) is 4.90 Å². The Hall–Kier alpha value is -2.96. The highest BCUT2D eigenvalue weighted by molar-refractivity contribution is 7.17. The topological polar surface area (TPSA) is 58.6 Å². The van der Waals surface area contributed by atoms with E-state index in [1.54, 1.807) is 0 Å². The van der Waals surface area contributed by atoms with Crippen LogP contribution >= 0.6 is 11.3 Å². The standard InChI is InChI=1S/C25H26N2O3S/c1-30-25(29)23-20-13-8-14-21(20)31-24(23)26-22(28)17-27(15-18-9-4-2-5-10-18)16-19-11-6-3-7-12-19/h2-7,9-12H,8,13-17H2,1H3,(H,26,28). The highest BCUT2D eigenvalue weighted by Gasteiger charge is 2.28. The summed E-state index contributed by atoms with van der Waals surface area (Å²) in [5.74, 6) is -0.503. The molecule has 1 aromatic heterocycles. The van der Waals surface area contributed by atoms with Gasteiger partial charge < -0.3 is 10.1 Å². The number of ether oxygens (including phenoxy) is 1. The van der Waals surface area contributed by atoms with E-state index in [1.807, 2.05) is 36.4 Å². The lowest BCUT2D eigenvalue weighted by atomic mass is 10.1. The first-order chi connectivity index (χ1) is 15.1. The molecular weight excluding hydrogens is 408 g/mol. The first kappa shape index (κ1) is 21.3. The molecule has 0 unspecified atom stereocenters. The maximum atomic E-state index is 13.0. The summed E-state index contributed by atoms with van der Waals surface area (Å²) in [6.45, 7) is 1.55. The predicted molar refractivity (Wildman–Crippen MR) is 123 cm³/mol. The summed E-state index contributed by atoms with van der Waals surface area (Å²) in [6, 6.07) is 20.3. The molecule has 0 saturated carbocycles. The molecule has 0 saturated heterocycles. The number of rotatable bonds is 8. The third-order valence-corrected chi connectivity index (χ3v) is 6.64. The lowest BCUT2D eigenvalue weighted by Crippen LogP contribution is -2.32. The lowest BCUT2D eigenvalue weighted by molar-refractivity contribution is -0.117. The van der Waals surface area contributed by atoms with Crippen LogP contribution in [0.3, 0.4) is 0 Å². The zero-order valence-corrected chi connectivity index (χ0v) is 18.4. The Kier molecular flexibility index (Phi) is 6.79. The molecule has 5 nitrogen and oxygen atoms in total. The van der Waals surface area contributed by atoms with E-state index in [9.17, 15) is 9.59 Å². The molecule has 2 aromatic carbocycles. The van der Waals surface area contributed by atoms with Gasteiger partial charge in [-0.1, -0.05) is 60.7 Å². The molecule has 3 aromatic rings. The van der Waals surface area contributed by atoms with Crippen molar-refractivity contribution in [1.29, 1.82) is 0 Å². The molecular formula is C25H26N2O3S. The first-order valence-corrected chi connectivity index (χ1v) is 11.3. The molecule has 1 aliphatic rings. The van der Waals surface area contributed by atoms with Crippen LogP contribution in [0.25, 0.3) is 0 Å². The van der Waals surface area contributed by atoms with Crippen molar-refractivity contribution in [2.75, 3.05) is 19.0 Å². The van der Waals surface area contributed by atoms with Gasteiger partial charge in [0.05, 0.1) is 19.2 Å². The van der Waals surface area contributed by atoms with Gasteiger partial charge in [0.25, 0.3) is 0 Å². The van der Waals surface area contributed by atoms with Crippen LogP contribution in [-0.2, 0) is 35.5 Å². The van der Waals surface area contributed by atoms with Crippen molar-refractivity contribution >= 4 is 28.2 Å². The van der Waals surface area contributed by atoms with Gasteiger partial charge in [-0.05, 0) is 36.0 Å². The van der Waals surface area contributed by atoms with E-state index in [2.05, 4.69) is 34.5 Å². The third-order valence-electron chi connectivity index (χ3n) is 5.43. The Morgan fingerprint density at radius 3 is 2.16 bits per heavy atom. The van der Waals surface area contributed by atoms with Crippen molar-refractivity contribution in [3.8, 4) is 0 Å². The van der Waals surface area contributed by atoms with Crippen LogP contribution in [0.1, 0.15) is 38.3 Å². The lowest BCUT2D eigenvalue weighted by Gasteiger charge is -2.22. The number of fused-ring (bicyclic) bond motifs is 1. The Bertz CT molecular complexity index is 1010. The van der Waals surface area contributed by atoms with Gasteiger partial charge in [0.1, 0.15) is 5.00 Å². The Morgan fingerprint density at radius 2 is 1.58 bits per heavy atom. The van der Waals surface area contributed by atoms with Crippen molar-refractivity contribution in [2.45, 2.75) is 32.4 Å². The highest BCUT2D eigenvalue weighted by Crippen LogP contribution is 2.39. The van der Waals surface area contributed by atoms with Gasteiger partial charge in [-0.2, -0.15) is 0 Å². The van der Waals surface area contributed by atoms with E-state index in [0.717, 1.165) is 36.0 Å². The molecule has 6 heteroatoms. The fraction of sp³-hybridized carbons (Fsp3) is 0.280. The molecule has 1 heterocycles. The zero-order valence-electron chi connectivity index (χ0n) is 17.6. The second-order valence-electron chi connectivity index (χ2n) is 7.72. The molecule has 0 atom stereocenters. The van der Waals surface area contributed by atoms with E-state index in [4.69, 9.17) is 4.74 Å². The van der Waals surface area contributed by atoms with Crippen molar-refractivity contribution in [3.05, 3.63) is 87.8 Å². The zero-order chi connectivity index (χ0) is 21.6. The average molecular weight is 435 g/mol. The van der Waals surface area contributed by atoms with Gasteiger partial charge in [-0.3, -0.25) is 9.69 Å². The summed E-state index contributed by atoms with van der Waals surface area (Å²) in [5.41, 5.74) is 3.87. The Balaban J connectivity index is 1.50. The summed E-state index contributed by atoms with van der Waals surface area (Å²) in [5, 5.41) is 3.61. The summed E-state index contributed by atoms with van der Waals surface area (Å²) < 4.78 is 4.99. The number of carbonyl (C=O) groups excluding carboxylic acids is 2. The van der Waals surface area contributed by atoms with Crippen LogP contribution in [0.2, 0.25) is 0 Å². The van der Waals surface area contributed by atoms with Gasteiger partial charge in [0.15, 0.2) is 0 Å². The maximum absolute atomic E-state index is 13.0. The molecule has 0 radical (unpaired) electrons. The number of nitrogens with zero attached hydrogens (tertiary/aromatic N) is 1. The van der Waals surface area contributed by atoms with Crippen LogP contribution in [0.5, 0.6) is 0 Å². The maximum Gasteiger partial charge on any atom is 0.341 e. The van der Waals surface area contributed by atoms with Crippen LogP contribution < -0.4 is 5.32 Å². The second kappa shape index (κ2) is 9.90. The van der Waals surface area contributed by atoms with Crippen LogP contribution in [0, 0.1) is 0 Å². The van der Waals surface area contributed by atoms with E-state index in [0.29, 0.717) is 23.7 Å². The SMILES string of the molecule is COC(=O)c1c(NC(=O)CN(Cc2ccccc2)Cc2ccccc2)sc2c1CCC2. The number of benzene rings is 2. The van der Waals surface area contributed by atoms with Gasteiger partial charge in [0, 0.05) is 18.0 Å². The fourth-order valence-electron chi connectivity index (χ4n) is 4.03. The van der Waals surface area contributed by atoms with Crippen molar-refractivity contribution < 1.29 is 14.3 Å². The van der Waals surface area contributed by atoms with Crippen LogP contribution in [-0.4, -0.2) is 30.4 Å². The summed E-state index contributed by atoms with van der Waals surface area (Å²) in [4.78, 5) is 28.7. The summed E-state index contributed by atoms with van der Waals surface area (Å²) >= 11 is 1.50.